The number of Topliss-reactive ketones (excluding diaryl/α,β-unsaturated/α-hetero) is 1. The van der Waals surface area contributed by atoms with Gasteiger partial charge in [0.15, 0.2) is 17.3 Å². The van der Waals surface area contributed by atoms with Crippen LogP contribution < -0.4 is 19.5 Å². The Labute approximate surface area is 234 Å². The molecule has 2 aliphatic rings. The molecular weight excluding hydrogens is 506 g/mol. The van der Waals surface area contributed by atoms with Crippen molar-refractivity contribution in [1.82, 2.24) is 5.32 Å². The zero-order chi connectivity index (χ0) is 28.2. The highest BCUT2D eigenvalue weighted by Gasteiger charge is 2.41. The molecule has 3 aromatic rings. The molecule has 1 aliphatic carbocycles. The van der Waals surface area contributed by atoms with E-state index in [1.807, 2.05) is 79.7 Å². The molecule has 0 saturated carbocycles. The van der Waals surface area contributed by atoms with E-state index in [-0.39, 0.29) is 11.7 Å². The van der Waals surface area contributed by atoms with Gasteiger partial charge in [-0.25, -0.2) is 4.79 Å². The Morgan fingerprint density at radius 2 is 1.60 bits per heavy atom. The van der Waals surface area contributed by atoms with Crippen LogP contribution in [0.5, 0.6) is 17.2 Å². The smallest absolute Gasteiger partial charge is 0.336 e. The van der Waals surface area contributed by atoms with Crippen molar-refractivity contribution in [2.75, 3.05) is 21.3 Å². The van der Waals surface area contributed by atoms with Gasteiger partial charge in [-0.15, -0.1) is 0 Å². The van der Waals surface area contributed by atoms with Gasteiger partial charge < -0.3 is 24.3 Å². The monoisotopic (exact) mass is 539 g/mol. The number of ketones is 1. The molecule has 5 rings (SSSR count). The molecule has 206 valence electrons. The third-order valence-electron chi connectivity index (χ3n) is 7.58. The summed E-state index contributed by atoms with van der Waals surface area (Å²) in [7, 11) is 4.56. The average molecular weight is 540 g/mol. The van der Waals surface area contributed by atoms with Crippen LogP contribution in [-0.2, 0) is 20.9 Å². The van der Waals surface area contributed by atoms with Crippen LogP contribution in [0.3, 0.4) is 0 Å². The lowest BCUT2D eigenvalue weighted by molar-refractivity contribution is -0.136. The zero-order valence-corrected chi connectivity index (χ0v) is 23.2. The van der Waals surface area contributed by atoms with Crippen molar-refractivity contribution in [2.24, 2.45) is 0 Å². The first-order valence-electron chi connectivity index (χ1n) is 13.2. The molecule has 0 fully saturated rings. The van der Waals surface area contributed by atoms with Crippen LogP contribution in [0, 0.1) is 0 Å². The van der Waals surface area contributed by atoms with Crippen LogP contribution in [0.4, 0.5) is 0 Å². The molecule has 1 heterocycles. The van der Waals surface area contributed by atoms with Crippen LogP contribution >= 0.6 is 0 Å². The Kier molecular flexibility index (Phi) is 7.91. The number of hydrogen-bond donors (Lipinski definition) is 1. The van der Waals surface area contributed by atoms with Crippen molar-refractivity contribution < 1.29 is 28.5 Å². The first kappa shape index (κ1) is 27.1. The average Bonchev–Trinajstić information content (AvgIpc) is 2.99. The van der Waals surface area contributed by atoms with Gasteiger partial charge in [0.2, 0.25) is 0 Å². The van der Waals surface area contributed by atoms with Gasteiger partial charge in [0, 0.05) is 29.3 Å². The molecule has 0 saturated heterocycles. The minimum Gasteiger partial charge on any atom is -0.497 e. The summed E-state index contributed by atoms with van der Waals surface area (Å²) < 4.78 is 22.2. The van der Waals surface area contributed by atoms with Crippen LogP contribution in [0.15, 0.2) is 95.3 Å². The molecule has 0 aromatic heterocycles. The highest BCUT2D eigenvalue weighted by atomic mass is 16.5. The fraction of sp³-hybridized carbons (Fsp3) is 0.273. The number of allylic oxidation sites excluding steroid dienone is 3. The first-order chi connectivity index (χ1) is 19.4. The molecular formula is C33H33NO6. The standard InChI is InChI=1S/C33H33NO6/c1-20-30(33(36)39-4)31(23-12-15-28(29(18-23)38-3)40-19-21-8-6-5-7-9-21)32-26(34-20)16-24(17-27(32)35)22-10-13-25(37-2)14-11-22/h5-15,18,24,31,34H,16-17,19H2,1-4H3/t24-,31-/m0/s1. The summed E-state index contributed by atoms with van der Waals surface area (Å²) >= 11 is 0. The van der Waals surface area contributed by atoms with Gasteiger partial charge in [-0.3, -0.25) is 4.79 Å². The maximum absolute atomic E-state index is 13.8. The third-order valence-corrected chi connectivity index (χ3v) is 7.58. The number of hydrogen-bond acceptors (Lipinski definition) is 7. The summed E-state index contributed by atoms with van der Waals surface area (Å²) in [5, 5.41) is 3.37. The molecule has 1 N–H and O–H groups in total. The highest BCUT2D eigenvalue weighted by Crippen LogP contribution is 2.47. The van der Waals surface area contributed by atoms with E-state index in [1.165, 1.54) is 7.11 Å². The number of ether oxygens (including phenoxy) is 4. The van der Waals surface area contributed by atoms with E-state index in [2.05, 4.69) is 5.32 Å². The molecule has 0 unspecified atom stereocenters. The molecule has 2 atom stereocenters. The van der Waals surface area contributed by atoms with Gasteiger partial charge in [0.25, 0.3) is 0 Å². The number of methoxy groups -OCH3 is 3. The van der Waals surface area contributed by atoms with Crippen molar-refractivity contribution >= 4 is 11.8 Å². The van der Waals surface area contributed by atoms with E-state index in [0.717, 1.165) is 28.1 Å². The number of carbonyl (C=O) groups excluding carboxylic acids is 2. The lowest BCUT2D eigenvalue weighted by Gasteiger charge is -2.36. The maximum Gasteiger partial charge on any atom is 0.336 e. The fourth-order valence-electron chi connectivity index (χ4n) is 5.58. The Hall–Kier alpha value is -4.52. The van der Waals surface area contributed by atoms with Crippen LogP contribution in [0.1, 0.15) is 48.3 Å². The van der Waals surface area contributed by atoms with E-state index in [4.69, 9.17) is 18.9 Å². The first-order valence-corrected chi connectivity index (χ1v) is 13.2. The molecule has 40 heavy (non-hydrogen) atoms. The quantitative estimate of drug-likeness (QED) is 0.361. The largest absolute Gasteiger partial charge is 0.497 e. The summed E-state index contributed by atoms with van der Waals surface area (Å²) in [6.07, 6.45) is 0.983. The van der Waals surface area contributed by atoms with Gasteiger partial charge in [-0.2, -0.15) is 0 Å². The van der Waals surface area contributed by atoms with E-state index in [0.29, 0.717) is 47.8 Å². The predicted molar refractivity (Wildman–Crippen MR) is 151 cm³/mol. The molecule has 1 aliphatic heterocycles. The van der Waals surface area contributed by atoms with Crippen molar-refractivity contribution in [3.05, 3.63) is 112 Å². The van der Waals surface area contributed by atoms with Crippen molar-refractivity contribution in [3.63, 3.8) is 0 Å². The number of nitrogens with one attached hydrogen (secondary N) is 1. The SMILES string of the molecule is COC(=O)C1=C(C)NC2=C(C(=O)C[C@@H](c3ccc(OC)cc3)C2)[C@H]1c1ccc(OCc2ccccc2)c(OC)c1. The lowest BCUT2D eigenvalue weighted by atomic mass is 9.71. The summed E-state index contributed by atoms with van der Waals surface area (Å²) in [5.74, 6) is 0.815. The zero-order valence-electron chi connectivity index (χ0n) is 23.2. The number of carbonyl (C=O) groups is 2. The van der Waals surface area contributed by atoms with Crippen molar-refractivity contribution in [1.29, 1.82) is 0 Å². The van der Waals surface area contributed by atoms with Gasteiger partial charge in [-0.05, 0) is 60.2 Å². The molecule has 0 radical (unpaired) electrons. The van der Waals surface area contributed by atoms with Gasteiger partial charge in [-0.1, -0.05) is 48.5 Å². The molecule has 3 aromatic carbocycles. The van der Waals surface area contributed by atoms with Gasteiger partial charge >= 0.3 is 5.97 Å². The van der Waals surface area contributed by atoms with Crippen molar-refractivity contribution in [3.8, 4) is 17.2 Å². The molecule has 0 amide bonds. The summed E-state index contributed by atoms with van der Waals surface area (Å²) in [5.41, 5.74) is 5.37. The Morgan fingerprint density at radius 1 is 0.875 bits per heavy atom. The van der Waals surface area contributed by atoms with Crippen LogP contribution in [0.2, 0.25) is 0 Å². The van der Waals surface area contributed by atoms with Crippen molar-refractivity contribution in [2.45, 2.75) is 38.2 Å². The summed E-state index contributed by atoms with van der Waals surface area (Å²) in [4.78, 5) is 26.9. The Balaban J connectivity index is 1.51. The molecule has 7 nitrogen and oxygen atoms in total. The lowest BCUT2D eigenvalue weighted by Crippen LogP contribution is -2.36. The van der Waals surface area contributed by atoms with E-state index < -0.39 is 11.9 Å². The predicted octanol–water partition coefficient (Wildman–Crippen LogP) is 5.82. The normalized spacial score (nSPS) is 18.6. The van der Waals surface area contributed by atoms with Gasteiger partial charge in [0.1, 0.15) is 12.4 Å². The minimum absolute atomic E-state index is 0.00292. The highest BCUT2D eigenvalue weighted by molar-refractivity contribution is 6.04. The maximum atomic E-state index is 13.8. The number of rotatable bonds is 8. The second-order valence-corrected chi connectivity index (χ2v) is 9.97. The second-order valence-electron chi connectivity index (χ2n) is 9.97. The third kappa shape index (κ3) is 5.32. The Morgan fingerprint density at radius 3 is 2.27 bits per heavy atom. The number of benzene rings is 3. The van der Waals surface area contributed by atoms with Crippen LogP contribution in [0.25, 0.3) is 0 Å². The molecule has 0 bridgehead atoms. The van der Waals surface area contributed by atoms with E-state index >= 15 is 0 Å². The van der Waals surface area contributed by atoms with Crippen LogP contribution in [-0.4, -0.2) is 33.1 Å². The Bertz CT molecular complexity index is 1470. The minimum atomic E-state index is -0.593. The fourth-order valence-corrected chi connectivity index (χ4v) is 5.58. The number of dihydropyridines is 1. The summed E-state index contributed by atoms with van der Waals surface area (Å²) in [6, 6.07) is 23.3. The van der Waals surface area contributed by atoms with E-state index in [9.17, 15) is 9.59 Å². The topological polar surface area (TPSA) is 83.1 Å². The number of esters is 1. The summed E-state index contributed by atoms with van der Waals surface area (Å²) in [6.45, 7) is 2.23. The molecule has 7 heteroatoms. The molecule has 0 spiro atoms. The van der Waals surface area contributed by atoms with E-state index in [1.54, 1.807) is 14.2 Å². The second kappa shape index (κ2) is 11.7. The van der Waals surface area contributed by atoms with Gasteiger partial charge in [0.05, 0.1) is 26.9 Å².